The van der Waals surface area contributed by atoms with E-state index < -0.39 is 53.1 Å². The summed E-state index contributed by atoms with van der Waals surface area (Å²) < 4.78 is 43.7. The Morgan fingerprint density at radius 3 is 2.36 bits per heavy atom. The lowest BCUT2D eigenvalue weighted by atomic mass is 9.90. The molecule has 5 N–H and O–H groups in total. The second kappa shape index (κ2) is 15.3. The third-order valence-corrected chi connectivity index (χ3v) is 10.5. The zero-order valence-corrected chi connectivity index (χ0v) is 29.9. The summed E-state index contributed by atoms with van der Waals surface area (Å²) in [6, 6.07) is 11.0. The van der Waals surface area contributed by atoms with Crippen molar-refractivity contribution >= 4 is 58.7 Å². The normalized spacial score (nSPS) is 20.3. The molecule has 7 rings (SSSR count). The molecule has 2 bridgehead atoms. The van der Waals surface area contributed by atoms with Crippen molar-refractivity contribution in [1.29, 1.82) is 0 Å². The Hall–Kier alpha value is -5.58. The molecule has 18 heteroatoms. The molecule has 0 aliphatic heterocycles. The monoisotopic (exact) mass is 780 g/mol. The smallest absolute Gasteiger partial charge is 0.422 e. The molecule has 4 aromatic rings. The van der Waals surface area contributed by atoms with Gasteiger partial charge in [-0.3, -0.25) is 19.4 Å². The summed E-state index contributed by atoms with van der Waals surface area (Å²) in [5, 5.41) is 21.7. The molecule has 1 heterocycles. The number of anilines is 4. The van der Waals surface area contributed by atoms with Crippen LogP contribution in [0.25, 0.3) is 0 Å². The fraction of sp³-hybridized carbons (Fsp3) is 0.405. The van der Waals surface area contributed by atoms with Crippen LogP contribution in [0.3, 0.4) is 0 Å². The number of hydrogen-bond donors (Lipinski definition) is 5. The van der Waals surface area contributed by atoms with Gasteiger partial charge in [0.2, 0.25) is 11.9 Å². The van der Waals surface area contributed by atoms with E-state index in [0.29, 0.717) is 35.4 Å². The number of ether oxygens (including phenoxy) is 1. The average molecular weight is 781 g/mol. The highest BCUT2D eigenvalue weighted by molar-refractivity contribution is 6.30. The minimum absolute atomic E-state index is 0.0279. The molecule has 3 aliphatic carbocycles. The van der Waals surface area contributed by atoms with E-state index >= 15 is 0 Å². The Bertz CT molecular complexity index is 2170. The third kappa shape index (κ3) is 8.88. The van der Waals surface area contributed by atoms with Gasteiger partial charge < -0.3 is 31.1 Å². The standard InChI is InChI=1S/C37H36ClF3N8O6/c38-24-7-5-23(6-8-24)36(12-13-36)49-34-46-33(47-35(48-34)55-18-37(39,40)41)44-25-9-3-20(4-10-25)31(52)45-26(32(53)54)11-14-42-27-28(30(51)29(27)50)43-17-22-16-19-1-2-21(22)15-19/h3-10,17,19,21-22,26,42H,1-2,11-16,18H2,(H,45,52)(H,53,54)(H2,44,46,47,48,49)/t19-,21+,22?,26-/m0/s1. The highest BCUT2D eigenvalue weighted by atomic mass is 35.5. The van der Waals surface area contributed by atoms with Crippen LogP contribution < -0.4 is 36.9 Å². The Kier molecular flexibility index (Phi) is 10.5. The average Bonchev–Trinajstić information content (AvgIpc) is 3.61. The number of carbonyl (C=O) groups excluding carboxylic acids is 1. The maximum absolute atomic E-state index is 13.0. The first-order chi connectivity index (χ1) is 26.2. The van der Waals surface area contributed by atoms with Gasteiger partial charge in [-0.15, -0.1) is 0 Å². The van der Waals surface area contributed by atoms with E-state index in [-0.39, 0.29) is 47.7 Å². The first-order valence-electron chi connectivity index (χ1n) is 17.8. The maximum atomic E-state index is 13.0. The molecular weight excluding hydrogens is 745 g/mol. The summed E-state index contributed by atoms with van der Waals surface area (Å²) >= 11 is 6.03. The van der Waals surface area contributed by atoms with E-state index in [1.54, 1.807) is 18.3 Å². The quantitative estimate of drug-likeness (QED) is 0.0685. The number of halogens is 4. The van der Waals surface area contributed by atoms with Crippen LogP contribution in [0.4, 0.5) is 42.1 Å². The van der Waals surface area contributed by atoms with Crippen LogP contribution in [0.2, 0.25) is 5.02 Å². The summed E-state index contributed by atoms with van der Waals surface area (Å²) in [5.41, 5.74) is -0.540. The van der Waals surface area contributed by atoms with Crippen LogP contribution in [0, 0.1) is 17.8 Å². The van der Waals surface area contributed by atoms with Crippen LogP contribution in [0.15, 0.2) is 63.1 Å². The highest BCUT2D eigenvalue weighted by Crippen LogP contribution is 2.49. The topological polar surface area (TPSA) is 197 Å². The van der Waals surface area contributed by atoms with Gasteiger partial charge in [0.25, 0.3) is 16.8 Å². The number of nitrogens with one attached hydrogen (secondary N) is 4. The van der Waals surface area contributed by atoms with Gasteiger partial charge in [-0.25, -0.2) is 4.79 Å². The summed E-state index contributed by atoms with van der Waals surface area (Å²) in [6.45, 7) is -1.65. The number of aromatic nitrogens is 3. The fourth-order valence-corrected chi connectivity index (χ4v) is 7.39. The number of fused-ring (bicyclic) bond motifs is 2. The number of amides is 1. The summed E-state index contributed by atoms with van der Waals surface area (Å²) in [6.07, 6.45) is 2.99. The lowest BCUT2D eigenvalue weighted by molar-refractivity contribution is -0.154. The van der Waals surface area contributed by atoms with Crippen molar-refractivity contribution in [3.8, 4) is 6.01 Å². The van der Waals surface area contributed by atoms with Crippen LogP contribution in [0.1, 0.15) is 60.9 Å². The molecule has 14 nitrogen and oxygen atoms in total. The first kappa shape index (κ1) is 37.7. The summed E-state index contributed by atoms with van der Waals surface area (Å²) in [4.78, 5) is 66.1. The number of hydrogen-bond acceptors (Lipinski definition) is 12. The summed E-state index contributed by atoms with van der Waals surface area (Å²) in [5.74, 6) is -0.646. The molecule has 288 valence electrons. The molecular formula is C37H36ClF3N8O6. The number of aliphatic carboxylic acids is 1. The van der Waals surface area contributed by atoms with Crippen molar-refractivity contribution < 1.29 is 32.6 Å². The minimum Gasteiger partial charge on any atom is -0.480 e. The Labute approximate surface area is 316 Å². The van der Waals surface area contributed by atoms with Gasteiger partial charge in [0.1, 0.15) is 17.4 Å². The molecule has 1 amide bonds. The Morgan fingerprint density at radius 1 is 1.00 bits per heavy atom. The number of carboxylic acid groups (broad SMARTS) is 1. The molecule has 3 aromatic carbocycles. The fourth-order valence-electron chi connectivity index (χ4n) is 7.26. The highest BCUT2D eigenvalue weighted by Gasteiger charge is 2.45. The first-order valence-corrected chi connectivity index (χ1v) is 18.1. The lowest BCUT2D eigenvalue weighted by Crippen LogP contribution is -2.42. The van der Waals surface area contributed by atoms with Crippen molar-refractivity contribution in [1.82, 2.24) is 20.3 Å². The largest absolute Gasteiger partial charge is 0.480 e. The van der Waals surface area contributed by atoms with E-state index in [4.69, 9.17) is 16.3 Å². The molecule has 3 aliphatic rings. The molecule has 0 radical (unpaired) electrons. The number of aliphatic imine (C=N–C) groups is 1. The maximum Gasteiger partial charge on any atom is 0.422 e. The van der Waals surface area contributed by atoms with Crippen LogP contribution in [0.5, 0.6) is 6.01 Å². The molecule has 0 saturated heterocycles. The Morgan fingerprint density at radius 2 is 1.73 bits per heavy atom. The van der Waals surface area contributed by atoms with Crippen molar-refractivity contribution in [2.24, 2.45) is 22.7 Å². The van der Waals surface area contributed by atoms with Crippen molar-refractivity contribution in [2.75, 3.05) is 29.1 Å². The van der Waals surface area contributed by atoms with Crippen LogP contribution in [-0.2, 0) is 10.3 Å². The van der Waals surface area contributed by atoms with Gasteiger partial charge in [-0.05, 0) is 98.2 Å². The number of alkyl halides is 3. The Balaban J connectivity index is 0.967. The third-order valence-electron chi connectivity index (χ3n) is 10.3. The van der Waals surface area contributed by atoms with E-state index in [1.807, 2.05) is 12.1 Å². The number of nitrogens with zero attached hydrogens (tertiary/aromatic N) is 4. The van der Waals surface area contributed by atoms with E-state index in [2.05, 4.69) is 41.2 Å². The van der Waals surface area contributed by atoms with Gasteiger partial charge in [0.15, 0.2) is 6.61 Å². The van der Waals surface area contributed by atoms with Gasteiger partial charge in [-0.1, -0.05) is 30.2 Å². The van der Waals surface area contributed by atoms with Gasteiger partial charge in [0.05, 0.1) is 5.54 Å². The molecule has 4 atom stereocenters. The van der Waals surface area contributed by atoms with E-state index in [9.17, 15) is 37.5 Å². The second-order valence-electron chi connectivity index (χ2n) is 14.2. The van der Waals surface area contributed by atoms with E-state index in [1.165, 1.54) is 30.7 Å². The number of carbonyl (C=O) groups is 2. The molecule has 3 saturated carbocycles. The SMILES string of the molecule is O=C(N[C@@H](CCNc1c(N=CC2C[C@H]3CC[C@@H]2C3)c(=O)c1=O)C(=O)O)c1ccc(Nc2nc(NC3(c4ccc(Cl)cc4)CC3)nc(OCC(F)(F)F)n2)cc1. The predicted octanol–water partition coefficient (Wildman–Crippen LogP) is 5.73. The lowest BCUT2D eigenvalue weighted by Gasteiger charge is -2.19. The number of carboxylic acids is 1. The minimum atomic E-state index is -4.64. The zero-order chi connectivity index (χ0) is 38.9. The van der Waals surface area contributed by atoms with Crippen molar-refractivity contribution in [2.45, 2.75) is 62.7 Å². The number of benzene rings is 2. The molecule has 3 fully saturated rings. The molecule has 1 aromatic heterocycles. The van der Waals surface area contributed by atoms with Crippen LogP contribution in [-0.4, -0.2) is 63.5 Å². The predicted molar refractivity (Wildman–Crippen MR) is 198 cm³/mol. The van der Waals surface area contributed by atoms with Crippen molar-refractivity contribution in [3.05, 3.63) is 85.1 Å². The van der Waals surface area contributed by atoms with Crippen molar-refractivity contribution in [3.63, 3.8) is 0 Å². The molecule has 1 unspecified atom stereocenters. The summed E-state index contributed by atoms with van der Waals surface area (Å²) in [7, 11) is 0. The second-order valence-corrected chi connectivity index (χ2v) is 14.6. The van der Waals surface area contributed by atoms with E-state index in [0.717, 1.165) is 24.8 Å². The molecule has 55 heavy (non-hydrogen) atoms. The van der Waals surface area contributed by atoms with Gasteiger partial charge in [-0.2, -0.15) is 28.1 Å². The van der Waals surface area contributed by atoms with Crippen LogP contribution >= 0.6 is 11.6 Å². The molecule has 0 spiro atoms. The number of rotatable bonds is 16. The van der Waals surface area contributed by atoms with Gasteiger partial charge in [0, 0.05) is 29.0 Å². The van der Waals surface area contributed by atoms with Gasteiger partial charge >= 0.3 is 18.2 Å². The zero-order valence-electron chi connectivity index (χ0n) is 29.2.